The first-order valence-corrected chi connectivity index (χ1v) is 10.5. The molecular weight excluding hydrogens is 394 g/mol. The van der Waals surface area contributed by atoms with E-state index in [9.17, 15) is 9.59 Å². The zero-order valence-corrected chi connectivity index (χ0v) is 17.5. The van der Waals surface area contributed by atoms with Gasteiger partial charge in [0.15, 0.2) is 0 Å². The Kier molecular flexibility index (Phi) is 7.29. The highest BCUT2D eigenvalue weighted by Gasteiger charge is 2.37. The summed E-state index contributed by atoms with van der Waals surface area (Å²) >= 11 is 0. The van der Waals surface area contributed by atoms with Crippen molar-refractivity contribution < 1.29 is 14.7 Å². The van der Waals surface area contributed by atoms with Crippen LogP contribution in [0.1, 0.15) is 49.8 Å². The summed E-state index contributed by atoms with van der Waals surface area (Å²) in [6.45, 7) is 3.20. The standard InChI is InChI=1S/C20H29N5O3.ClH/c26-18(27)6-3-14-1-4-16(5-2-14)24-11-12-25(20(24)28)19-22-13-15-7-9-21-10-8-17(15)23-19;/h13-14,16,21H,1-12H2,(H,26,27);1H. The van der Waals surface area contributed by atoms with Crippen molar-refractivity contribution in [1.82, 2.24) is 20.2 Å². The van der Waals surface area contributed by atoms with Gasteiger partial charge in [-0.25, -0.2) is 14.8 Å². The number of nitrogens with zero attached hydrogens (tertiary/aromatic N) is 4. The molecule has 1 aliphatic carbocycles. The molecule has 0 radical (unpaired) electrons. The molecule has 1 aromatic rings. The summed E-state index contributed by atoms with van der Waals surface area (Å²) in [5.74, 6) is 0.287. The molecule has 3 heterocycles. The molecule has 2 N–H and O–H groups in total. The van der Waals surface area contributed by atoms with Crippen LogP contribution in [0.25, 0.3) is 0 Å². The summed E-state index contributed by atoms with van der Waals surface area (Å²) < 4.78 is 0. The fraction of sp³-hybridized carbons (Fsp3) is 0.700. The Morgan fingerprint density at radius 1 is 1.17 bits per heavy atom. The van der Waals surface area contributed by atoms with Crippen LogP contribution in [0.4, 0.5) is 10.7 Å². The summed E-state index contributed by atoms with van der Waals surface area (Å²) in [5, 5.41) is 12.2. The van der Waals surface area contributed by atoms with Crippen LogP contribution < -0.4 is 10.2 Å². The van der Waals surface area contributed by atoms with Gasteiger partial charge in [-0.3, -0.25) is 9.69 Å². The minimum atomic E-state index is -0.719. The molecule has 1 aromatic heterocycles. The number of aromatic nitrogens is 2. The highest BCUT2D eigenvalue weighted by molar-refractivity contribution is 5.92. The zero-order valence-electron chi connectivity index (χ0n) is 16.7. The fourth-order valence-electron chi connectivity index (χ4n) is 4.69. The minimum absolute atomic E-state index is 0. The number of carbonyl (C=O) groups excluding carboxylic acids is 1. The van der Waals surface area contributed by atoms with Gasteiger partial charge in [0.2, 0.25) is 5.95 Å². The Balaban J connectivity index is 0.00000240. The quantitative estimate of drug-likeness (QED) is 0.753. The van der Waals surface area contributed by atoms with Crippen LogP contribution in [0.5, 0.6) is 0 Å². The molecule has 1 saturated carbocycles. The van der Waals surface area contributed by atoms with E-state index in [-0.39, 0.29) is 30.9 Å². The number of anilines is 1. The summed E-state index contributed by atoms with van der Waals surface area (Å²) in [4.78, 5) is 36.7. The van der Waals surface area contributed by atoms with Crippen LogP contribution in [0.3, 0.4) is 0 Å². The first-order chi connectivity index (χ1) is 13.6. The number of hydrogen-bond donors (Lipinski definition) is 2. The predicted molar refractivity (Wildman–Crippen MR) is 112 cm³/mol. The largest absolute Gasteiger partial charge is 0.481 e. The van der Waals surface area contributed by atoms with E-state index in [1.165, 1.54) is 5.56 Å². The van der Waals surface area contributed by atoms with Gasteiger partial charge in [0.05, 0.1) is 5.69 Å². The highest BCUT2D eigenvalue weighted by Crippen LogP contribution is 2.32. The van der Waals surface area contributed by atoms with Gasteiger partial charge in [-0.05, 0) is 56.6 Å². The lowest BCUT2D eigenvalue weighted by atomic mass is 9.83. The van der Waals surface area contributed by atoms with Gasteiger partial charge in [0.25, 0.3) is 0 Å². The van der Waals surface area contributed by atoms with Crippen molar-refractivity contribution in [2.75, 3.05) is 31.1 Å². The number of amides is 2. The molecule has 9 heteroatoms. The van der Waals surface area contributed by atoms with Crippen molar-refractivity contribution in [3.8, 4) is 0 Å². The first-order valence-electron chi connectivity index (χ1n) is 10.5. The van der Waals surface area contributed by atoms with Crippen LogP contribution in [0, 0.1) is 5.92 Å². The molecule has 0 spiro atoms. The third-order valence-electron chi connectivity index (χ3n) is 6.36. The Labute approximate surface area is 177 Å². The number of aliphatic carboxylic acids is 1. The molecular formula is C20H30ClN5O3. The summed E-state index contributed by atoms with van der Waals surface area (Å²) in [6, 6.07) is 0.268. The van der Waals surface area contributed by atoms with Crippen molar-refractivity contribution >= 4 is 30.4 Å². The predicted octanol–water partition coefficient (Wildman–Crippen LogP) is 2.25. The lowest BCUT2D eigenvalue weighted by molar-refractivity contribution is -0.137. The normalized spacial score (nSPS) is 24.6. The number of nitrogens with one attached hydrogen (secondary N) is 1. The van der Waals surface area contributed by atoms with Crippen LogP contribution in [-0.2, 0) is 17.6 Å². The van der Waals surface area contributed by atoms with Crippen LogP contribution in [-0.4, -0.2) is 64.2 Å². The third kappa shape index (κ3) is 4.98. The first kappa shape index (κ1) is 21.8. The van der Waals surface area contributed by atoms with Crippen molar-refractivity contribution in [1.29, 1.82) is 0 Å². The summed E-state index contributed by atoms with van der Waals surface area (Å²) in [5.41, 5.74) is 2.23. The van der Waals surface area contributed by atoms with Crippen LogP contribution in [0.2, 0.25) is 0 Å². The maximum Gasteiger partial charge on any atom is 0.327 e. The van der Waals surface area contributed by atoms with Crippen molar-refractivity contribution in [2.45, 2.75) is 57.4 Å². The summed E-state index contributed by atoms with van der Waals surface area (Å²) in [6.07, 6.45) is 8.61. The lowest BCUT2D eigenvalue weighted by Crippen LogP contribution is -2.41. The molecule has 0 unspecified atom stereocenters. The number of urea groups is 1. The SMILES string of the molecule is Cl.O=C(O)CCC1CCC(N2CCN(c3ncc4c(n3)CCNCC4)C2=O)CC1. The number of carboxylic acid groups (broad SMARTS) is 1. The Hall–Kier alpha value is -1.93. The van der Waals surface area contributed by atoms with E-state index >= 15 is 0 Å². The average Bonchev–Trinajstić information content (AvgIpc) is 2.93. The number of hydrogen-bond acceptors (Lipinski definition) is 5. The smallest absolute Gasteiger partial charge is 0.327 e. The molecule has 8 nitrogen and oxygen atoms in total. The Morgan fingerprint density at radius 2 is 1.93 bits per heavy atom. The number of fused-ring (bicyclic) bond motifs is 1. The summed E-state index contributed by atoms with van der Waals surface area (Å²) in [7, 11) is 0. The molecule has 2 aliphatic heterocycles. The van der Waals surface area contributed by atoms with E-state index in [1.807, 2.05) is 11.1 Å². The maximum absolute atomic E-state index is 13.0. The average molecular weight is 424 g/mol. The zero-order chi connectivity index (χ0) is 19.5. The van der Waals surface area contributed by atoms with Crippen LogP contribution >= 0.6 is 12.4 Å². The number of carbonyl (C=O) groups is 2. The molecule has 4 rings (SSSR count). The molecule has 2 fully saturated rings. The lowest BCUT2D eigenvalue weighted by Gasteiger charge is -2.34. The van der Waals surface area contributed by atoms with Crippen molar-refractivity contribution in [3.05, 3.63) is 17.5 Å². The molecule has 1 saturated heterocycles. The van der Waals surface area contributed by atoms with Gasteiger partial charge in [0, 0.05) is 44.7 Å². The van der Waals surface area contributed by atoms with Crippen LogP contribution in [0.15, 0.2) is 6.20 Å². The molecule has 0 bridgehead atoms. The van der Waals surface area contributed by atoms with E-state index < -0.39 is 5.97 Å². The Morgan fingerprint density at radius 3 is 2.69 bits per heavy atom. The minimum Gasteiger partial charge on any atom is -0.481 e. The molecule has 3 aliphatic rings. The fourth-order valence-corrected chi connectivity index (χ4v) is 4.69. The number of halogens is 1. The van der Waals surface area contributed by atoms with Gasteiger partial charge in [-0.2, -0.15) is 0 Å². The highest BCUT2D eigenvalue weighted by atomic mass is 35.5. The topological polar surface area (TPSA) is 98.7 Å². The van der Waals surface area contributed by atoms with Gasteiger partial charge in [0.1, 0.15) is 0 Å². The number of carboxylic acids is 1. The molecule has 160 valence electrons. The van der Waals surface area contributed by atoms with Crippen molar-refractivity contribution in [3.63, 3.8) is 0 Å². The van der Waals surface area contributed by atoms with Gasteiger partial charge >= 0.3 is 12.0 Å². The van der Waals surface area contributed by atoms with E-state index in [0.29, 0.717) is 25.0 Å². The van der Waals surface area contributed by atoms with Crippen molar-refractivity contribution in [2.24, 2.45) is 5.92 Å². The monoisotopic (exact) mass is 423 g/mol. The third-order valence-corrected chi connectivity index (χ3v) is 6.36. The van der Waals surface area contributed by atoms with Gasteiger partial charge < -0.3 is 15.3 Å². The van der Waals surface area contributed by atoms with Gasteiger partial charge in [-0.1, -0.05) is 0 Å². The second-order valence-corrected chi connectivity index (χ2v) is 8.13. The number of rotatable bonds is 5. The second kappa shape index (κ2) is 9.71. The van der Waals surface area contributed by atoms with E-state index in [1.54, 1.807) is 4.90 Å². The maximum atomic E-state index is 13.0. The van der Waals surface area contributed by atoms with Gasteiger partial charge in [-0.15, -0.1) is 12.4 Å². The molecule has 0 atom stereocenters. The van der Waals surface area contributed by atoms with E-state index in [0.717, 1.165) is 63.7 Å². The Bertz CT molecular complexity index is 739. The molecule has 0 aromatic carbocycles. The van der Waals surface area contributed by atoms with E-state index in [2.05, 4.69) is 10.3 Å². The molecule has 2 amide bonds. The van der Waals surface area contributed by atoms with E-state index in [4.69, 9.17) is 10.1 Å². The second-order valence-electron chi connectivity index (χ2n) is 8.13. The molecule has 29 heavy (non-hydrogen) atoms.